The second-order valence-electron chi connectivity index (χ2n) is 9.90. The Bertz CT molecular complexity index is 1340. The van der Waals surface area contributed by atoms with Crippen molar-refractivity contribution < 1.29 is 9.18 Å². The van der Waals surface area contributed by atoms with E-state index in [0.717, 1.165) is 38.9 Å². The molecule has 9 heteroatoms. The number of benzene rings is 1. The van der Waals surface area contributed by atoms with E-state index in [1.807, 2.05) is 6.92 Å². The molecule has 3 aliphatic rings. The second kappa shape index (κ2) is 8.21. The first kappa shape index (κ1) is 21.8. The Hall–Kier alpha value is -2.70. The molecule has 1 aromatic carbocycles. The molecule has 2 aliphatic carbocycles. The molecule has 2 bridgehead atoms. The number of aryl methyl sites for hydroxylation is 1. The van der Waals surface area contributed by atoms with Crippen LogP contribution in [0.3, 0.4) is 0 Å². The van der Waals surface area contributed by atoms with Crippen molar-refractivity contribution in [3.8, 4) is 6.07 Å². The van der Waals surface area contributed by atoms with E-state index in [4.69, 9.17) is 5.73 Å². The summed E-state index contributed by atoms with van der Waals surface area (Å²) in [5, 5.41) is 14.0. The predicted octanol–water partition coefficient (Wildman–Crippen LogP) is 4.78. The van der Waals surface area contributed by atoms with Crippen LogP contribution >= 0.6 is 22.7 Å². The number of piperidine rings is 1. The highest BCUT2D eigenvalue weighted by atomic mass is 32.1. The molecule has 1 amide bonds. The lowest BCUT2D eigenvalue weighted by Gasteiger charge is -2.36. The molecule has 6 nitrogen and oxygen atoms in total. The van der Waals surface area contributed by atoms with Crippen molar-refractivity contribution in [1.82, 2.24) is 10.3 Å². The van der Waals surface area contributed by atoms with Gasteiger partial charge < -0.3 is 16.0 Å². The van der Waals surface area contributed by atoms with Gasteiger partial charge in [0, 0.05) is 19.1 Å². The first-order chi connectivity index (χ1) is 16.4. The number of rotatable bonds is 3. The van der Waals surface area contributed by atoms with Crippen LogP contribution in [-0.2, 0) is 12.8 Å². The average Bonchev–Trinajstić information content (AvgIpc) is 3.46. The largest absolute Gasteiger partial charge is 0.396 e. The third kappa shape index (κ3) is 3.55. The van der Waals surface area contributed by atoms with Crippen LogP contribution in [0.2, 0.25) is 0 Å². The van der Waals surface area contributed by atoms with Crippen LogP contribution in [-0.4, -0.2) is 30.0 Å². The Morgan fingerprint density at radius 3 is 2.74 bits per heavy atom. The zero-order valence-corrected chi connectivity index (χ0v) is 20.6. The number of nitrogen functional groups attached to an aromatic ring is 1. The quantitative estimate of drug-likeness (QED) is 0.545. The van der Waals surface area contributed by atoms with E-state index in [1.165, 1.54) is 41.9 Å². The number of halogens is 1. The summed E-state index contributed by atoms with van der Waals surface area (Å²) in [6.07, 6.45) is 5.35. The zero-order valence-electron chi connectivity index (χ0n) is 19.0. The standard InChI is InChI=1S/C25H26FN5OS2/c1-12-29-25-23(33-12)21(28)22(34-25)24(32)30-15-4-5-16-17(7-15)19(26)8-20(18(16)9-27)31-10-13-2-3-14(6-13)11-31/h8,13-15H,2-7,10-11,28H2,1H3,(H,30,32)/t13?,14?,15-/m1/s1. The highest BCUT2D eigenvalue weighted by molar-refractivity contribution is 7.29. The van der Waals surface area contributed by atoms with E-state index < -0.39 is 0 Å². The van der Waals surface area contributed by atoms with Crippen LogP contribution in [0.1, 0.15) is 57.1 Å². The number of thiophene rings is 1. The van der Waals surface area contributed by atoms with Gasteiger partial charge in [-0.1, -0.05) is 0 Å². The van der Waals surface area contributed by atoms with Crippen LogP contribution < -0.4 is 16.0 Å². The number of hydrogen-bond donors (Lipinski definition) is 2. The Kier molecular flexibility index (Phi) is 5.26. The molecule has 6 rings (SSSR count). The number of nitrogens with one attached hydrogen (secondary N) is 1. The summed E-state index contributed by atoms with van der Waals surface area (Å²) in [5.74, 6) is 0.808. The molecule has 0 spiro atoms. The van der Waals surface area contributed by atoms with Crippen molar-refractivity contribution in [2.24, 2.45) is 11.8 Å². The molecule has 3 heterocycles. The molecule has 2 fully saturated rings. The van der Waals surface area contributed by atoms with Gasteiger partial charge in [0.05, 0.1) is 26.6 Å². The third-order valence-electron chi connectivity index (χ3n) is 7.66. The second-order valence-corrected chi connectivity index (χ2v) is 12.1. The van der Waals surface area contributed by atoms with E-state index in [2.05, 4.69) is 21.3 Å². The maximum Gasteiger partial charge on any atom is 0.263 e. The van der Waals surface area contributed by atoms with Crippen LogP contribution in [0.15, 0.2) is 6.07 Å². The summed E-state index contributed by atoms with van der Waals surface area (Å²) < 4.78 is 16.2. The number of nitrogens with two attached hydrogens (primary N) is 1. The molecule has 2 aromatic heterocycles. The third-order valence-corrected chi connectivity index (χ3v) is 9.89. The summed E-state index contributed by atoms with van der Waals surface area (Å²) in [6, 6.07) is 3.75. The van der Waals surface area contributed by atoms with E-state index in [1.54, 1.807) is 6.07 Å². The molecular formula is C25H26FN5OS2. The minimum Gasteiger partial charge on any atom is -0.396 e. The lowest BCUT2D eigenvalue weighted by atomic mass is 9.84. The number of nitrogens with zero attached hydrogens (tertiary/aromatic N) is 3. The van der Waals surface area contributed by atoms with E-state index in [-0.39, 0.29) is 17.8 Å². The number of carbonyl (C=O) groups excluding carboxylic acids is 1. The molecule has 1 saturated heterocycles. The molecule has 0 radical (unpaired) electrons. The van der Waals surface area contributed by atoms with Gasteiger partial charge in [-0.25, -0.2) is 9.37 Å². The molecule has 176 valence electrons. The van der Waals surface area contributed by atoms with Gasteiger partial charge in [0.1, 0.15) is 21.6 Å². The highest BCUT2D eigenvalue weighted by Gasteiger charge is 2.35. The fourth-order valence-electron chi connectivity index (χ4n) is 6.12. The monoisotopic (exact) mass is 495 g/mol. The van der Waals surface area contributed by atoms with Crippen molar-refractivity contribution in [2.75, 3.05) is 23.7 Å². The van der Waals surface area contributed by atoms with E-state index in [0.29, 0.717) is 52.8 Å². The molecule has 3 atom stereocenters. The van der Waals surface area contributed by atoms with Crippen LogP contribution in [0.25, 0.3) is 9.53 Å². The zero-order chi connectivity index (χ0) is 23.6. The van der Waals surface area contributed by atoms with Gasteiger partial charge in [-0.3, -0.25) is 4.79 Å². The minimum absolute atomic E-state index is 0.202. The van der Waals surface area contributed by atoms with Gasteiger partial charge >= 0.3 is 0 Å². The molecule has 3 aromatic rings. The number of aromatic nitrogens is 1. The van der Waals surface area contributed by atoms with E-state index >= 15 is 4.39 Å². The average molecular weight is 496 g/mol. The lowest BCUT2D eigenvalue weighted by Crippen LogP contribution is -2.40. The summed E-state index contributed by atoms with van der Waals surface area (Å²) in [4.78, 5) is 20.9. The summed E-state index contributed by atoms with van der Waals surface area (Å²) >= 11 is 2.79. The normalized spacial score (nSPS) is 23.7. The first-order valence-electron chi connectivity index (χ1n) is 11.9. The molecular weight excluding hydrogens is 469 g/mol. The first-order valence-corrected chi connectivity index (χ1v) is 13.5. The van der Waals surface area contributed by atoms with Gasteiger partial charge in [0.15, 0.2) is 0 Å². The lowest BCUT2D eigenvalue weighted by molar-refractivity contribution is 0.0938. The topological polar surface area (TPSA) is 95.0 Å². The van der Waals surface area contributed by atoms with Crippen LogP contribution in [0, 0.1) is 35.9 Å². The highest BCUT2D eigenvalue weighted by Crippen LogP contribution is 2.41. The summed E-state index contributed by atoms with van der Waals surface area (Å²) in [6.45, 7) is 3.74. The van der Waals surface area contributed by atoms with Crippen LogP contribution in [0.5, 0.6) is 0 Å². The molecule has 1 aliphatic heterocycles. The number of thiazole rings is 1. The molecule has 2 unspecified atom stereocenters. The minimum atomic E-state index is -0.267. The summed E-state index contributed by atoms with van der Waals surface area (Å²) in [5.41, 5.74) is 9.45. The number of nitriles is 1. The van der Waals surface area contributed by atoms with Gasteiger partial charge in [-0.2, -0.15) is 5.26 Å². The summed E-state index contributed by atoms with van der Waals surface area (Å²) in [7, 11) is 0. The SMILES string of the molecule is Cc1nc2sc(C(=O)N[C@@H]3CCc4c(C#N)c(N5CC6CCC(C6)C5)cc(F)c4C3)c(N)c2s1. The fraction of sp³-hybridized carbons (Fsp3) is 0.480. The van der Waals surface area contributed by atoms with Gasteiger partial charge in [-0.15, -0.1) is 22.7 Å². The van der Waals surface area contributed by atoms with Crippen molar-refractivity contribution in [3.05, 3.63) is 38.5 Å². The number of anilines is 2. The van der Waals surface area contributed by atoms with Crippen molar-refractivity contribution in [1.29, 1.82) is 5.26 Å². The number of carbonyl (C=O) groups is 1. The number of fused-ring (bicyclic) bond motifs is 4. The fourth-order valence-corrected chi connectivity index (χ4v) is 8.21. The Morgan fingerprint density at radius 2 is 2.03 bits per heavy atom. The maximum atomic E-state index is 15.4. The Labute approximate surface area is 205 Å². The number of amides is 1. The van der Waals surface area contributed by atoms with Crippen molar-refractivity contribution in [2.45, 2.75) is 51.5 Å². The van der Waals surface area contributed by atoms with Crippen LogP contribution in [0.4, 0.5) is 15.8 Å². The molecule has 3 N–H and O–H groups in total. The van der Waals surface area contributed by atoms with Gasteiger partial charge in [0.25, 0.3) is 5.91 Å². The van der Waals surface area contributed by atoms with E-state index in [9.17, 15) is 10.1 Å². The van der Waals surface area contributed by atoms with Gasteiger partial charge in [0.2, 0.25) is 0 Å². The molecule has 1 saturated carbocycles. The smallest absolute Gasteiger partial charge is 0.263 e. The van der Waals surface area contributed by atoms with Crippen molar-refractivity contribution in [3.63, 3.8) is 0 Å². The van der Waals surface area contributed by atoms with Gasteiger partial charge in [-0.05, 0) is 74.5 Å². The predicted molar refractivity (Wildman–Crippen MR) is 134 cm³/mol. The van der Waals surface area contributed by atoms with Crippen molar-refractivity contribution >= 4 is 49.5 Å². The Balaban J connectivity index is 1.24. The maximum absolute atomic E-state index is 15.4. The number of hydrogen-bond acceptors (Lipinski definition) is 7. The Morgan fingerprint density at radius 1 is 1.26 bits per heavy atom. The molecule has 34 heavy (non-hydrogen) atoms.